The van der Waals surface area contributed by atoms with Gasteiger partial charge in [0, 0.05) is 35.4 Å². The van der Waals surface area contributed by atoms with Crippen LogP contribution in [0.1, 0.15) is 5.56 Å². The quantitative estimate of drug-likeness (QED) is 0.874. The summed E-state index contributed by atoms with van der Waals surface area (Å²) in [5, 5.41) is 2.81. The van der Waals surface area contributed by atoms with Gasteiger partial charge in [-0.2, -0.15) is 13.2 Å². The third-order valence-corrected chi connectivity index (χ3v) is 2.60. The molecule has 1 N–H and O–H groups in total. The van der Waals surface area contributed by atoms with E-state index in [1.165, 1.54) is 24.5 Å². The van der Waals surface area contributed by atoms with Crippen molar-refractivity contribution < 1.29 is 18.0 Å². The molecular weight excluding hydrogens is 281 g/mol. The summed E-state index contributed by atoms with van der Waals surface area (Å²) in [7, 11) is 0. The fourth-order valence-corrected chi connectivity index (χ4v) is 1.61. The van der Waals surface area contributed by atoms with Gasteiger partial charge in [0.25, 0.3) is 5.78 Å². The summed E-state index contributed by atoms with van der Waals surface area (Å²) in [4.78, 5) is 15.0. The highest BCUT2D eigenvalue weighted by atomic mass is 19.4. The highest BCUT2D eigenvalue weighted by Gasteiger charge is 2.36. The van der Waals surface area contributed by atoms with Crippen molar-refractivity contribution in [3.63, 3.8) is 0 Å². The van der Waals surface area contributed by atoms with E-state index in [2.05, 4.69) is 10.3 Å². The van der Waals surface area contributed by atoms with E-state index >= 15 is 0 Å². The molecule has 0 saturated carbocycles. The Kier molecular flexibility index (Phi) is 4.37. The molecule has 2 rings (SSSR count). The number of nitrogens with zero attached hydrogens (tertiary/aromatic N) is 1. The summed E-state index contributed by atoms with van der Waals surface area (Å²) in [5.41, 5.74) is 1.08. The third-order valence-electron chi connectivity index (χ3n) is 2.60. The number of ketones is 1. The molecular formula is C15H11F3N2O. The molecule has 3 nitrogen and oxygen atoms in total. The molecule has 0 aliphatic heterocycles. The topological polar surface area (TPSA) is 42.0 Å². The van der Waals surface area contributed by atoms with Crippen LogP contribution in [0.5, 0.6) is 0 Å². The number of halogens is 3. The van der Waals surface area contributed by atoms with Gasteiger partial charge in [0.15, 0.2) is 0 Å². The van der Waals surface area contributed by atoms with Crippen LogP contribution in [0.15, 0.2) is 60.9 Å². The number of hydrogen-bond acceptors (Lipinski definition) is 3. The molecule has 0 bridgehead atoms. The third kappa shape index (κ3) is 4.17. The van der Waals surface area contributed by atoms with Gasteiger partial charge in [-0.15, -0.1) is 0 Å². The number of rotatable bonds is 4. The number of benzene rings is 1. The maximum Gasteiger partial charge on any atom is 0.454 e. The normalized spacial score (nSPS) is 12.0. The van der Waals surface area contributed by atoms with E-state index in [1.54, 1.807) is 30.3 Å². The summed E-state index contributed by atoms with van der Waals surface area (Å²) in [5.74, 6) is -1.92. The first-order valence-electron chi connectivity index (χ1n) is 6.02. The number of nitrogens with one attached hydrogen (secondary N) is 1. The molecule has 2 aromatic rings. The molecule has 0 fully saturated rings. The number of pyridine rings is 1. The molecule has 0 radical (unpaired) electrons. The van der Waals surface area contributed by atoms with E-state index in [-0.39, 0.29) is 5.70 Å². The molecule has 0 saturated heterocycles. The Morgan fingerprint density at radius 1 is 1.05 bits per heavy atom. The van der Waals surface area contributed by atoms with Crippen LogP contribution in [-0.2, 0) is 4.79 Å². The van der Waals surface area contributed by atoms with Crippen LogP contribution in [0, 0.1) is 0 Å². The van der Waals surface area contributed by atoms with Gasteiger partial charge in [-0.1, -0.05) is 18.2 Å². The molecule has 108 valence electrons. The number of aromatic nitrogens is 1. The van der Waals surface area contributed by atoms with Gasteiger partial charge in [0.1, 0.15) is 0 Å². The Labute approximate surface area is 119 Å². The van der Waals surface area contributed by atoms with Crippen molar-refractivity contribution in [1.29, 1.82) is 0 Å². The lowest BCUT2D eigenvalue weighted by Gasteiger charge is -2.12. The number of para-hydroxylation sites is 1. The first-order valence-corrected chi connectivity index (χ1v) is 6.02. The maximum absolute atomic E-state index is 12.4. The molecule has 0 atom stereocenters. The fraction of sp³-hybridized carbons (Fsp3) is 0.0667. The molecule has 0 spiro atoms. The van der Waals surface area contributed by atoms with Crippen LogP contribution in [-0.4, -0.2) is 16.9 Å². The molecule has 1 heterocycles. The lowest BCUT2D eigenvalue weighted by molar-refractivity contribution is -0.165. The number of allylic oxidation sites excluding steroid dienone is 1. The molecule has 0 amide bonds. The molecule has 0 aliphatic rings. The van der Waals surface area contributed by atoms with Crippen molar-refractivity contribution in [2.45, 2.75) is 6.18 Å². The van der Waals surface area contributed by atoms with E-state index < -0.39 is 12.0 Å². The zero-order valence-corrected chi connectivity index (χ0v) is 10.8. The number of carbonyl (C=O) groups excluding carboxylic acids is 1. The summed E-state index contributed by atoms with van der Waals surface area (Å²) in [6, 6.07) is 11.7. The van der Waals surface area contributed by atoms with Gasteiger partial charge in [-0.05, 0) is 24.3 Å². The van der Waals surface area contributed by atoms with Gasteiger partial charge in [0.05, 0.1) is 0 Å². The fourth-order valence-electron chi connectivity index (χ4n) is 1.61. The Bertz CT molecular complexity index is 637. The van der Waals surface area contributed by atoms with E-state index in [9.17, 15) is 18.0 Å². The van der Waals surface area contributed by atoms with E-state index in [4.69, 9.17) is 0 Å². The average molecular weight is 292 g/mol. The van der Waals surface area contributed by atoms with E-state index in [0.29, 0.717) is 17.3 Å². The van der Waals surface area contributed by atoms with Crippen molar-refractivity contribution in [2.24, 2.45) is 0 Å². The minimum Gasteiger partial charge on any atom is -0.355 e. The zero-order chi connectivity index (χ0) is 15.3. The first-order chi connectivity index (χ1) is 9.97. The highest BCUT2D eigenvalue weighted by Crippen LogP contribution is 2.22. The summed E-state index contributed by atoms with van der Waals surface area (Å²) < 4.78 is 37.3. The second kappa shape index (κ2) is 6.21. The summed E-state index contributed by atoms with van der Waals surface area (Å²) in [6.45, 7) is 0. The minimum absolute atomic E-state index is 0.0610. The number of alkyl halides is 3. The number of anilines is 1. The van der Waals surface area contributed by atoms with Crippen LogP contribution >= 0.6 is 0 Å². The van der Waals surface area contributed by atoms with Crippen LogP contribution in [0.25, 0.3) is 5.70 Å². The molecule has 6 heteroatoms. The molecule has 0 aliphatic carbocycles. The number of carbonyl (C=O) groups is 1. The molecule has 1 aromatic heterocycles. The van der Waals surface area contributed by atoms with E-state index in [0.717, 1.165) is 0 Å². The van der Waals surface area contributed by atoms with Crippen molar-refractivity contribution in [3.8, 4) is 0 Å². The predicted octanol–water partition coefficient (Wildman–Crippen LogP) is 3.67. The Morgan fingerprint density at radius 3 is 2.24 bits per heavy atom. The van der Waals surface area contributed by atoms with Crippen molar-refractivity contribution >= 4 is 17.2 Å². The number of hydrogen-bond donors (Lipinski definition) is 1. The second-order valence-electron chi connectivity index (χ2n) is 4.15. The van der Waals surface area contributed by atoms with Gasteiger partial charge in [0.2, 0.25) is 0 Å². The van der Waals surface area contributed by atoms with Crippen molar-refractivity contribution in [2.75, 3.05) is 5.32 Å². The Balaban J connectivity index is 2.36. The lowest BCUT2D eigenvalue weighted by Crippen LogP contribution is -2.21. The van der Waals surface area contributed by atoms with Crippen LogP contribution in [0.3, 0.4) is 0 Å². The first kappa shape index (κ1) is 14.8. The second-order valence-corrected chi connectivity index (χ2v) is 4.15. The van der Waals surface area contributed by atoms with Crippen LogP contribution < -0.4 is 5.32 Å². The molecule has 0 unspecified atom stereocenters. The minimum atomic E-state index is -4.91. The average Bonchev–Trinajstić information content (AvgIpc) is 2.47. The maximum atomic E-state index is 12.4. The van der Waals surface area contributed by atoms with Crippen LogP contribution in [0.2, 0.25) is 0 Å². The Morgan fingerprint density at radius 2 is 1.67 bits per heavy atom. The standard InChI is InChI=1S/C15H11F3N2O/c16-15(17,18)14(21)10-13(11-6-8-19-9-7-11)20-12-4-2-1-3-5-12/h1-10,20H/b13-10-. The monoisotopic (exact) mass is 292 g/mol. The van der Waals surface area contributed by atoms with Gasteiger partial charge in [-0.3, -0.25) is 9.78 Å². The smallest absolute Gasteiger partial charge is 0.355 e. The molecule has 1 aromatic carbocycles. The molecule has 21 heavy (non-hydrogen) atoms. The highest BCUT2D eigenvalue weighted by molar-refractivity contribution is 6.02. The van der Waals surface area contributed by atoms with Crippen molar-refractivity contribution in [1.82, 2.24) is 4.98 Å². The SMILES string of the molecule is O=C(/C=C(\Nc1ccccc1)c1ccncc1)C(F)(F)F. The summed E-state index contributed by atoms with van der Waals surface area (Å²) >= 11 is 0. The zero-order valence-electron chi connectivity index (χ0n) is 10.8. The summed E-state index contributed by atoms with van der Waals surface area (Å²) in [6.07, 6.45) is -1.49. The lowest BCUT2D eigenvalue weighted by atomic mass is 10.1. The van der Waals surface area contributed by atoms with E-state index in [1.807, 2.05) is 0 Å². The van der Waals surface area contributed by atoms with Crippen molar-refractivity contribution in [3.05, 3.63) is 66.5 Å². The van der Waals surface area contributed by atoms with Gasteiger partial charge < -0.3 is 5.32 Å². The Hall–Kier alpha value is -2.63. The van der Waals surface area contributed by atoms with Crippen LogP contribution in [0.4, 0.5) is 18.9 Å². The van der Waals surface area contributed by atoms with Gasteiger partial charge >= 0.3 is 6.18 Å². The largest absolute Gasteiger partial charge is 0.454 e. The van der Waals surface area contributed by atoms with Gasteiger partial charge in [-0.25, -0.2) is 0 Å². The predicted molar refractivity (Wildman–Crippen MR) is 73.3 cm³/mol.